The first-order valence-corrected chi connectivity index (χ1v) is 3.80. The van der Waals surface area contributed by atoms with Gasteiger partial charge in [0.05, 0.1) is 4.92 Å². The predicted octanol–water partition coefficient (Wildman–Crippen LogP) is 0.872. The van der Waals surface area contributed by atoms with Gasteiger partial charge in [-0.1, -0.05) is 6.07 Å². The molecule has 0 atom stereocenters. The van der Waals surface area contributed by atoms with Gasteiger partial charge in [-0.05, 0) is 12.0 Å². The maximum Gasteiger partial charge on any atom is 0.300 e. The third-order valence-electron chi connectivity index (χ3n) is 1.59. The minimum atomic E-state index is -0.861. The van der Waals surface area contributed by atoms with Gasteiger partial charge >= 0.3 is 0 Å². The Labute approximate surface area is 84.7 Å². The molecule has 6 nitrogen and oxygen atoms in total. The summed E-state index contributed by atoms with van der Waals surface area (Å²) in [7, 11) is 0. The SMILES string of the molecule is C#CC(=O)Nc1c(O)cccc1[N+](=O)[O-]. The van der Waals surface area contributed by atoms with E-state index in [1.807, 2.05) is 5.32 Å². The number of nitrogens with one attached hydrogen (secondary N) is 1. The zero-order chi connectivity index (χ0) is 11.4. The van der Waals surface area contributed by atoms with Crippen molar-refractivity contribution in [3.63, 3.8) is 0 Å². The van der Waals surface area contributed by atoms with Crippen molar-refractivity contribution in [3.8, 4) is 18.1 Å². The molecule has 1 amide bonds. The van der Waals surface area contributed by atoms with Crippen LogP contribution in [0.25, 0.3) is 0 Å². The monoisotopic (exact) mass is 206 g/mol. The Morgan fingerprint density at radius 1 is 1.60 bits per heavy atom. The minimum absolute atomic E-state index is 0.301. The number of amides is 1. The van der Waals surface area contributed by atoms with Gasteiger partial charge in [0.2, 0.25) is 0 Å². The van der Waals surface area contributed by atoms with E-state index in [-0.39, 0.29) is 5.69 Å². The number of anilines is 1. The summed E-state index contributed by atoms with van der Waals surface area (Å²) in [5.74, 6) is 0.452. The Morgan fingerprint density at radius 3 is 2.80 bits per heavy atom. The van der Waals surface area contributed by atoms with Crippen LogP contribution in [0.2, 0.25) is 0 Å². The number of phenolic OH excluding ortho intramolecular Hbond substituents is 1. The summed E-state index contributed by atoms with van der Waals surface area (Å²) in [5, 5.41) is 21.9. The van der Waals surface area contributed by atoms with Gasteiger partial charge in [0.1, 0.15) is 5.75 Å². The van der Waals surface area contributed by atoms with E-state index in [0.29, 0.717) is 0 Å². The van der Waals surface area contributed by atoms with Gasteiger partial charge in [-0.15, -0.1) is 6.42 Å². The first-order valence-electron chi connectivity index (χ1n) is 3.80. The molecule has 1 aromatic rings. The Bertz CT molecular complexity index is 462. The quantitative estimate of drug-likeness (QED) is 0.325. The van der Waals surface area contributed by atoms with Crippen LogP contribution >= 0.6 is 0 Å². The number of phenols is 1. The molecular formula is C9H6N2O4. The second kappa shape index (κ2) is 4.11. The van der Waals surface area contributed by atoms with E-state index >= 15 is 0 Å². The van der Waals surface area contributed by atoms with Crippen LogP contribution in [-0.4, -0.2) is 15.9 Å². The molecule has 0 saturated carbocycles. The van der Waals surface area contributed by atoms with Crippen molar-refractivity contribution in [2.75, 3.05) is 5.32 Å². The molecule has 15 heavy (non-hydrogen) atoms. The number of carbonyl (C=O) groups is 1. The molecule has 2 N–H and O–H groups in total. The summed E-state index contributed by atoms with van der Waals surface area (Å²) in [4.78, 5) is 20.6. The van der Waals surface area contributed by atoms with Crippen molar-refractivity contribution in [2.24, 2.45) is 0 Å². The number of hydrogen-bond donors (Lipinski definition) is 2. The molecule has 0 radical (unpaired) electrons. The lowest BCUT2D eigenvalue weighted by Gasteiger charge is -2.04. The highest BCUT2D eigenvalue weighted by atomic mass is 16.6. The predicted molar refractivity (Wildman–Crippen MR) is 52.2 cm³/mol. The number of nitrogens with zero attached hydrogens (tertiary/aromatic N) is 1. The van der Waals surface area contributed by atoms with Crippen LogP contribution in [0, 0.1) is 22.5 Å². The van der Waals surface area contributed by atoms with Crippen molar-refractivity contribution in [1.82, 2.24) is 0 Å². The highest BCUT2D eigenvalue weighted by Gasteiger charge is 2.18. The molecular weight excluding hydrogens is 200 g/mol. The molecule has 0 bridgehead atoms. The second-order valence-corrected chi connectivity index (χ2v) is 2.53. The summed E-state index contributed by atoms with van der Waals surface area (Å²) in [6.45, 7) is 0. The Kier molecular flexibility index (Phi) is 2.88. The molecule has 0 saturated heterocycles. The molecule has 0 aromatic heterocycles. The first kappa shape index (κ1) is 10.5. The number of benzene rings is 1. The van der Waals surface area contributed by atoms with E-state index in [1.54, 1.807) is 5.92 Å². The van der Waals surface area contributed by atoms with Crippen LogP contribution in [0.15, 0.2) is 18.2 Å². The Hall–Kier alpha value is -2.55. The van der Waals surface area contributed by atoms with Gasteiger partial charge in [0, 0.05) is 6.07 Å². The molecule has 0 fully saturated rings. The molecule has 0 aliphatic heterocycles. The van der Waals surface area contributed by atoms with Crippen LogP contribution in [0.4, 0.5) is 11.4 Å². The Morgan fingerprint density at radius 2 is 2.27 bits per heavy atom. The van der Waals surface area contributed by atoms with Crippen molar-refractivity contribution in [3.05, 3.63) is 28.3 Å². The number of nitro benzene ring substituents is 1. The van der Waals surface area contributed by atoms with E-state index in [0.717, 1.165) is 6.07 Å². The van der Waals surface area contributed by atoms with Crippen LogP contribution in [0.1, 0.15) is 0 Å². The number of terminal acetylenes is 1. The molecule has 0 aliphatic carbocycles. The summed E-state index contributed by atoms with van der Waals surface area (Å²) >= 11 is 0. The lowest BCUT2D eigenvalue weighted by molar-refractivity contribution is -0.384. The molecule has 76 valence electrons. The zero-order valence-corrected chi connectivity index (χ0v) is 7.43. The highest BCUT2D eigenvalue weighted by Crippen LogP contribution is 2.32. The maximum absolute atomic E-state index is 10.8. The van der Waals surface area contributed by atoms with Crippen molar-refractivity contribution in [2.45, 2.75) is 0 Å². The van der Waals surface area contributed by atoms with Gasteiger partial charge in [-0.3, -0.25) is 14.9 Å². The number of aromatic hydroxyl groups is 1. The fraction of sp³-hybridized carbons (Fsp3) is 0. The number of hydrogen-bond acceptors (Lipinski definition) is 4. The van der Waals surface area contributed by atoms with E-state index in [1.165, 1.54) is 12.1 Å². The molecule has 1 rings (SSSR count). The van der Waals surface area contributed by atoms with Crippen LogP contribution in [-0.2, 0) is 4.79 Å². The fourth-order valence-electron chi connectivity index (χ4n) is 0.958. The molecule has 0 unspecified atom stereocenters. The third kappa shape index (κ3) is 2.22. The molecule has 0 heterocycles. The topological polar surface area (TPSA) is 92.5 Å². The molecule has 6 heteroatoms. The largest absolute Gasteiger partial charge is 0.505 e. The van der Waals surface area contributed by atoms with Crippen molar-refractivity contribution < 1.29 is 14.8 Å². The lowest BCUT2D eigenvalue weighted by Crippen LogP contribution is -2.10. The number of rotatable bonds is 2. The molecule has 0 aliphatic rings. The summed E-state index contributed by atoms with van der Waals surface area (Å²) in [6, 6.07) is 3.64. The standard InChI is InChI=1S/C9H6N2O4/c1-2-8(13)10-9-6(11(14)15)4-3-5-7(9)12/h1,3-5,12H,(H,10,13). The van der Waals surface area contributed by atoms with Gasteiger partial charge in [-0.2, -0.15) is 0 Å². The summed E-state index contributed by atoms with van der Waals surface area (Å²) < 4.78 is 0. The maximum atomic E-state index is 10.8. The van der Waals surface area contributed by atoms with Gasteiger partial charge in [-0.25, -0.2) is 0 Å². The van der Waals surface area contributed by atoms with Crippen molar-refractivity contribution >= 4 is 17.3 Å². The third-order valence-corrected chi connectivity index (χ3v) is 1.59. The van der Waals surface area contributed by atoms with Gasteiger partial charge in [0.25, 0.3) is 11.6 Å². The van der Waals surface area contributed by atoms with Crippen LogP contribution in [0.5, 0.6) is 5.75 Å². The van der Waals surface area contributed by atoms with Crippen LogP contribution < -0.4 is 5.32 Å². The van der Waals surface area contributed by atoms with E-state index in [4.69, 9.17) is 6.42 Å². The summed E-state index contributed by atoms with van der Waals surface area (Å²) in [6.07, 6.45) is 4.78. The van der Waals surface area contributed by atoms with E-state index < -0.39 is 22.3 Å². The molecule has 0 spiro atoms. The normalized spacial score (nSPS) is 9.00. The van der Waals surface area contributed by atoms with Gasteiger partial charge < -0.3 is 10.4 Å². The van der Waals surface area contributed by atoms with Crippen LogP contribution in [0.3, 0.4) is 0 Å². The van der Waals surface area contributed by atoms with Gasteiger partial charge in [0.15, 0.2) is 5.69 Å². The fourth-order valence-corrected chi connectivity index (χ4v) is 0.958. The average molecular weight is 206 g/mol. The number of para-hydroxylation sites is 1. The zero-order valence-electron chi connectivity index (χ0n) is 7.43. The van der Waals surface area contributed by atoms with Crippen molar-refractivity contribution in [1.29, 1.82) is 0 Å². The Balaban J connectivity index is 3.20. The molecule has 1 aromatic carbocycles. The second-order valence-electron chi connectivity index (χ2n) is 2.53. The minimum Gasteiger partial charge on any atom is -0.505 e. The lowest BCUT2D eigenvalue weighted by atomic mass is 10.2. The smallest absolute Gasteiger partial charge is 0.300 e. The number of carbonyl (C=O) groups excluding carboxylic acids is 1. The number of nitro groups is 1. The van der Waals surface area contributed by atoms with E-state index in [9.17, 15) is 20.0 Å². The average Bonchev–Trinajstić information content (AvgIpc) is 2.20. The highest BCUT2D eigenvalue weighted by molar-refractivity contribution is 6.05. The summed E-state index contributed by atoms with van der Waals surface area (Å²) in [5.41, 5.74) is -0.718. The van der Waals surface area contributed by atoms with E-state index in [2.05, 4.69) is 0 Å². The first-order chi connectivity index (χ1) is 7.06.